The molecule has 2 N–H and O–H groups in total. The number of H-pyrrole nitrogens is 1. The third kappa shape index (κ3) is 3.75. The maximum atomic E-state index is 12.0. The van der Waals surface area contributed by atoms with E-state index >= 15 is 0 Å². The van der Waals surface area contributed by atoms with Crippen LogP contribution in [0.2, 0.25) is 0 Å². The molecule has 0 aliphatic carbocycles. The fraction of sp³-hybridized carbons (Fsp3) is 0.308. The van der Waals surface area contributed by atoms with Crippen molar-refractivity contribution >= 4 is 0 Å². The second-order valence-electron chi connectivity index (χ2n) is 3.93. The van der Waals surface area contributed by atoms with Gasteiger partial charge in [-0.1, -0.05) is 6.92 Å². The van der Waals surface area contributed by atoms with Crippen molar-refractivity contribution < 1.29 is 13.5 Å². The van der Waals surface area contributed by atoms with Crippen molar-refractivity contribution in [3.63, 3.8) is 0 Å². The molecule has 0 saturated heterocycles. The van der Waals surface area contributed by atoms with Crippen LogP contribution in [-0.4, -0.2) is 23.1 Å². The molecule has 0 radical (unpaired) electrons. The number of rotatable bonds is 6. The van der Waals surface area contributed by atoms with Crippen molar-refractivity contribution in [1.29, 1.82) is 0 Å². The fourth-order valence-electron chi connectivity index (χ4n) is 1.66. The number of ether oxygens (including phenoxy) is 1. The number of halogens is 2. The number of nitrogens with one attached hydrogen (secondary N) is 2. The smallest absolute Gasteiger partial charge is 0.387 e. The Kier molecular flexibility index (Phi) is 4.46. The third-order valence-electron chi connectivity index (χ3n) is 2.56. The summed E-state index contributed by atoms with van der Waals surface area (Å²) in [5.41, 5.74) is 1.72. The van der Waals surface area contributed by atoms with Crippen LogP contribution in [0.3, 0.4) is 0 Å². The van der Waals surface area contributed by atoms with Gasteiger partial charge < -0.3 is 15.0 Å². The van der Waals surface area contributed by atoms with Gasteiger partial charge in [-0.3, -0.25) is 0 Å². The van der Waals surface area contributed by atoms with E-state index in [4.69, 9.17) is 0 Å². The molecular weight excluding hydrogens is 252 g/mol. The van der Waals surface area contributed by atoms with Crippen molar-refractivity contribution in [1.82, 2.24) is 15.3 Å². The largest absolute Gasteiger partial charge is 0.435 e. The Morgan fingerprint density at radius 2 is 2.05 bits per heavy atom. The quantitative estimate of drug-likeness (QED) is 0.846. The number of aromatic nitrogens is 2. The van der Waals surface area contributed by atoms with E-state index < -0.39 is 6.61 Å². The van der Waals surface area contributed by atoms with Crippen molar-refractivity contribution in [2.75, 3.05) is 6.54 Å². The number of hydrogen-bond donors (Lipinski definition) is 2. The van der Waals surface area contributed by atoms with E-state index in [0.29, 0.717) is 6.54 Å². The molecule has 1 heterocycles. The maximum Gasteiger partial charge on any atom is 0.387 e. The van der Waals surface area contributed by atoms with Gasteiger partial charge >= 0.3 is 6.61 Å². The van der Waals surface area contributed by atoms with Gasteiger partial charge in [0, 0.05) is 0 Å². The first kappa shape index (κ1) is 13.5. The molecule has 0 unspecified atom stereocenters. The van der Waals surface area contributed by atoms with Gasteiger partial charge in [-0.25, -0.2) is 4.98 Å². The number of hydrogen-bond acceptors (Lipinski definition) is 3. The van der Waals surface area contributed by atoms with Gasteiger partial charge in [-0.15, -0.1) is 0 Å². The fourth-order valence-corrected chi connectivity index (χ4v) is 1.66. The van der Waals surface area contributed by atoms with Gasteiger partial charge in [0.15, 0.2) is 0 Å². The summed E-state index contributed by atoms with van der Waals surface area (Å²) in [6.07, 6.45) is 1.72. The highest BCUT2D eigenvalue weighted by atomic mass is 19.3. The lowest BCUT2D eigenvalue weighted by molar-refractivity contribution is -0.0498. The molecule has 0 amide bonds. The Balaban J connectivity index is 2.07. The van der Waals surface area contributed by atoms with E-state index in [0.717, 1.165) is 23.6 Å². The average Bonchev–Trinajstić information content (AvgIpc) is 2.85. The van der Waals surface area contributed by atoms with Gasteiger partial charge in [-0.2, -0.15) is 8.78 Å². The summed E-state index contributed by atoms with van der Waals surface area (Å²) in [7, 11) is 0. The van der Waals surface area contributed by atoms with E-state index in [1.165, 1.54) is 12.1 Å². The lowest BCUT2D eigenvalue weighted by Crippen LogP contribution is -2.12. The molecular formula is C13H15F2N3O. The van der Waals surface area contributed by atoms with Crippen LogP contribution in [0.15, 0.2) is 30.5 Å². The molecule has 0 fully saturated rings. The van der Waals surface area contributed by atoms with E-state index in [1.54, 1.807) is 18.3 Å². The minimum atomic E-state index is -2.80. The summed E-state index contributed by atoms with van der Waals surface area (Å²) in [6.45, 7) is 0.759. The van der Waals surface area contributed by atoms with Crippen LogP contribution in [0.25, 0.3) is 11.3 Å². The first-order chi connectivity index (χ1) is 9.19. The van der Waals surface area contributed by atoms with Gasteiger partial charge in [0.05, 0.1) is 18.4 Å². The number of nitrogens with zero attached hydrogens (tertiary/aromatic N) is 1. The highest BCUT2D eigenvalue weighted by Crippen LogP contribution is 2.21. The number of aromatic amines is 1. The Hall–Kier alpha value is -1.95. The molecule has 0 atom stereocenters. The minimum absolute atomic E-state index is 0.145. The number of alkyl halides is 2. The van der Waals surface area contributed by atoms with Crippen molar-refractivity contribution in [2.45, 2.75) is 20.1 Å². The van der Waals surface area contributed by atoms with Crippen LogP contribution in [-0.2, 0) is 6.54 Å². The Bertz CT molecular complexity index is 511. The summed E-state index contributed by atoms with van der Waals surface area (Å²) < 4.78 is 28.3. The molecule has 2 aromatic rings. The summed E-state index contributed by atoms with van der Waals surface area (Å²) in [5, 5.41) is 3.16. The summed E-state index contributed by atoms with van der Waals surface area (Å²) in [4.78, 5) is 7.39. The number of imidazole rings is 1. The van der Waals surface area contributed by atoms with Crippen LogP contribution >= 0.6 is 0 Å². The standard InChI is InChI=1S/C13H15F2N3O/c1-2-16-8-12-17-7-11(18-12)9-3-5-10(6-4-9)19-13(14)15/h3-7,13,16H,2,8H2,1H3,(H,17,18). The molecule has 19 heavy (non-hydrogen) atoms. The highest BCUT2D eigenvalue weighted by Gasteiger charge is 2.06. The average molecular weight is 267 g/mol. The maximum absolute atomic E-state index is 12.0. The van der Waals surface area contributed by atoms with Gasteiger partial charge in [-0.05, 0) is 36.4 Å². The molecule has 1 aromatic heterocycles. The molecule has 0 aliphatic rings. The highest BCUT2D eigenvalue weighted by molar-refractivity contribution is 5.59. The Labute approximate surface area is 109 Å². The van der Waals surface area contributed by atoms with Crippen LogP contribution in [0, 0.1) is 0 Å². The normalized spacial score (nSPS) is 10.9. The molecule has 0 bridgehead atoms. The topological polar surface area (TPSA) is 49.9 Å². The zero-order valence-corrected chi connectivity index (χ0v) is 10.5. The Morgan fingerprint density at radius 3 is 2.68 bits per heavy atom. The lowest BCUT2D eigenvalue weighted by atomic mass is 10.2. The summed E-state index contributed by atoms with van der Waals surface area (Å²) in [6, 6.07) is 6.43. The van der Waals surface area contributed by atoms with Crippen LogP contribution in [0.5, 0.6) is 5.75 Å². The van der Waals surface area contributed by atoms with E-state index in [-0.39, 0.29) is 5.75 Å². The van der Waals surface area contributed by atoms with Crippen LogP contribution in [0.1, 0.15) is 12.7 Å². The molecule has 0 spiro atoms. The molecule has 0 saturated carbocycles. The van der Waals surface area contributed by atoms with Crippen molar-refractivity contribution in [3.05, 3.63) is 36.3 Å². The van der Waals surface area contributed by atoms with Gasteiger partial charge in [0.1, 0.15) is 11.6 Å². The zero-order valence-electron chi connectivity index (χ0n) is 10.5. The summed E-state index contributed by atoms with van der Waals surface area (Å²) in [5.74, 6) is 0.982. The SMILES string of the molecule is CCNCc1ncc(-c2ccc(OC(F)F)cc2)[nH]1. The molecule has 4 nitrogen and oxygen atoms in total. The second-order valence-corrected chi connectivity index (χ2v) is 3.93. The van der Waals surface area contributed by atoms with Crippen LogP contribution < -0.4 is 10.1 Å². The van der Waals surface area contributed by atoms with Crippen molar-refractivity contribution in [3.8, 4) is 17.0 Å². The van der Waals surface area contributed by atoms with Gasteiger partial charge in [0.2, 0.25) is 0 Å². The third-order valence-corrected chi connectivity index (χ3v) is 2.56. The number of benzene rings is 1. The van der Waals surface area contributed by atoms with Crippen molar-refractivity contribution in [2.24, 2.45) is 0 Å². The first-order valence-electron chi connectivity index (χ1n) is 5.99. The van der Waals surface area contributed by atoms with E-state index in [1.807, 2.05) is 6.92 Å². The predicted molar refractivity (Wildman–Crippen MR) is 68.0 cm³/mol. The second kappa shape index (κ2) is 6.29. The van der Waals surface area contributed by atoms with E-state index in [2.05, 4.69) is 20.0 Å². The van der Waals surface area contributed by atoms with Gasteiger partial charge in [0.25, 0.3) is 0 Å². The molecule has 2 rings (SSSR count). The monoisotopic (exact) mass is 267 g/mol. The minimum Gasteiger partial charge on any atom is -0.435 e. The first-order valence-corrected chi connectivity index (χ1v) is 5.99. The summed E-state index contributed by atoms with van der Waals surface area (Å²) >= 11 is 0. The molecule has 1 aromatic carbocycles. The Morgan fingerprint density at radius 1 is 1.32 bits per heavy atom. The van der Waals surface area contributed by atoms with Crippen LogP contribution in [0.4, 0.5) is 8.78 Å². The molecule has 0 aliphatic heterocycles. The molecule has 102 valence electrons. The lowest BCUT2D eigenvalue weighted by Gasteiger charge is -2.04. The van der Waals surface area contributed by atoms with E-state index in [9.17, 15) is 8.78 Å². The zero-order chi connectivity index (χ0) is 13.7. The predicted octanol–water partition coefficient (Wildman–Crippen LogP) is 2.79. The molecule has 6 heteroatoms.